The Kier molecular flexibility index (Phi) is 9.54. The minimum absolute atomic E-state index is 0.0377. The monoisotopic (exact) mass is 579 g/mol. The topological polar surface area (TPSA) is 105 Å². The maximum atomic E-state index is 14.1. The Bertz CT molecular complexity index is 1480. The molecule has 218 valence electrons. The molecule has 3 aromatic carbocycles. The average Bonchev–Trinajstić information content (AvgIpc) is 2.99. The number of amides is 2. The molecule has 10 heteroatoms. The van der Waals surface area contributed by atoms with Crippen LogP contribution in [0.15, 0.2) is 77.7 Å². The van der Waals surface area contributed by atoms with Crippen molar-refractivity contribution in [3.63, 3.8) is 0 Å². The molecule has 9 nitrogen and oxygen atoms in total. The minimum Gasteiger partial charge on any atom is -0.486 e. The Balaban J connectivity index is 1.73. The van der Waals surface area contributed by atoms with Gasteiger partial charge in [0.25, 0.3) is 10.0 Å². The predicted molar refractivity (Wildman–Crippen MR) is 157 cm³/mol. The van der Waals surface area contributed by atoms with Crippen LogP contribution < -0.4 is 19.1 Å². The lowest BCUT2D eigenvalue weighted by Gasteiger charge is -2.33. The molecule has 1 aliphatic rings. The van der Waals surface area contributed by atoms with E-state index in [1.54, 1.807) is 43.3 Å². The van der Waals surface area contributed by atoms with Gasteiger partial charge in [0.05, 0.1) is 10.6 Å². The normalized spacial score (nSPS) is 14.0. The third kappa shape index (κ3) is 7.00. The van der Waals surface area contributed by atoms with Gasteiger partial charge in [-0.25, -0.2) is 8.42 Å². The minimum atomic E-state index is -4.17. The number of anilines is 1. The number of sulfonamides is 1. The molecule has 2 amide bonds. The van der Waals surface area contributed by atoms with E-state index in [9.17, 15) is 18.0 Å². The van der Waals surface area contributed by atoms with E-state index in [0.717, 1.165) is 21.9 Å². The Hall–Kier alpha value is -4.05. The summed E-state index contributed by atoms with van der Waals surface area (Å²) >= 11 is 0. The number of carbonyl (C=O) groups is 2. The number of nitrogens with zero attached hydrogens (tertiary/aromatic N) is 2. The van der Waals surface area contributed by atoms with Gasteiger partial charge in [0.2, 0.25) is 11.8 Å². The number of hydrogen-bond acceptors (Lipinski definition) is 6. The van der Waals surface area contributed by atoms with Crippen molar-refractivity contribution < 1.29 is 27.5 Å². The molecule has 0 aromatic heterocycles. The fraction of sp³-hybridized carbons (Fsp3) is 0.355. The first-order valence-corrected chi connectivity index (χ1v) is 15.2. The molecule has 41 heavy (non-hydrogen) atoms. The molecule has 0 bridgehead atoms. The van der Waals surface area contributed by atoms with Crippen LogP contribution in [0.2, 0.25) is 0 Å². The smallest absolute Gasteiger partial charge is 0.264 e. The van der Waals surface area contributed by atoms with Crippen molar-refractivity contribution in [3.05, 3.63) is 83.9 Å². The summed E-state index contributed by atoms with van der Waals surface area (Å²) < 4.78 is 40.3. The maximum Gasteiger partial charge on any atom is 0.264 e. The van der Waals surface area contributed by atoms with Gasteiger partial charge in [0.1, 0.15) is 25.8 Å². The summed E-state index contributed by atoms with van der Waals surface area (Å²) in [6.45, 7) is 7.79. The maximum absolute atomic E-state index is 14.1. The van der Waals surface area contributed by atoms with E-state index in [4.69, 9.17) is 9.47 Å². The number of ether oxygens (including phenoxy) is 2. The third-order valence-corrected chi connectivity index (χ3v) is 8.98. The van der Waals surface area contributed by atoms with Gasteiger partial charge in [-0.05, 0) is 62.6 Å². The van der Waals surface area contributed by atoms with Gasteiger partial charge >= 0.3 is 0 Å². The quantitative estimate of drug-likeness (QED) is 0.363. The average molecular weight is 580 g/mol. The molecule has 0 spiro atoms. The summed E-state index contributed by atoms with van der Waals surface area (Å²) in [5.74, 6) is 0.0694. The molecule has 0 fully saturated rings. The second kappa shape index (κ2) is 13.1. The van der Waals surface area contributed by atoms with Gasteiger partial charge < -0.3 is 19.7 Å². The van der Waals surface area contributed by atoms with Crippen molar-refractivity contribution in [2.75, 3.05) is 24.1 Å². The zero-order valence-corrected chi connectivity index (χ0v) is 24.7. The molecular formula is C31H37N3O6S. The fourth-order valence-electron chi connectivity index (χ4n) is 4.45. The molecule has 0 radical (unpaired) electrons. The first-order chi connectivity index (χ1) is 19.6. The number of hydrogen-bond donors (Lipinski definition) is 1. The Morgan fingerprint density at radius 1 is 0.927 bits per heavy atom. The van der Waals surface area contributed by atoms with Crippen LogP contribution in [0.4, 0.5) is 5.69 Å². The van der Waals surface area contributed by atoms with Gasteiger partial charge in [-0.1, -0.05) is 49.4 Å². The standard InChI is InChI=1S/C31H37N3O6S/c1-5-23(3)32-31(36)24(4)33(20-25-12-10-9-11-22(25)2)30(35)21-34(41(37,38)27-13-7-6-8-14-27)26-15-16-28-29(19-26)40-18-17-39-28/h6-16,19,23-24H,5,17-18,20-21H2,1-4H3,(H,32,36)/t23-,24-/m1/s1. The van der Waals surface area contributed by atoms with Crippen LogP contribution in [0.3, 0.4) is 0 Å². The van der Waals surface area contributed by atoms with E-state index in [2.05, 4.69) is 5.32 Å². The number of benzene rings is 3. The number of carbonyl (C=O) groups excluding carboxylic acids is 2. The summed E-state index contributed by atoms with van der Waals surface area (Å²) in [6.07, 6.45) is 0.734. The van der Waals surface area contributed by atoms with Crippen molar-refractivity contribution in [1.29, 1.82) is 0 Å². The summed E-state index contributed by atoms with van der Waals surface area (Å²) in [4.78, 5) is 28.8. The lowest BCUT2D eigenvalue weighted by molar-refractivity contribution is -0.139. The van der Waals surface area contributed by atoms with Crippen molar-refractivity contribution >= 4 is 27.5 Å². The van der Waals surface area contributed by atoms with E-state index in [0.29, 0.717) is 24.7 Å². The SMILES string of the molecule is CC[C@@H](C)NC(=O)[C@@H](C)N(Cc1ccccc1C)C(=O)CN(c1ccc2c(c1)OCCO2)S(=O)(=O)c1ccccc1. The Morgan fingerprint density at radius 2 is 1.59 bits per heavy atom. The van der Waals surface area contributed by atoms with E-state index in [1.807, 2.05) is 45.0 Å². The molecule has 0 saturated heterocycles. The molecule has 0 saturated carbocycles. The van der Waals surface area contributed by atoms with Crippen LogP contribution in [-0.2, 0) is 26.2 Å². The number of fused-ring (bicyclic) bond motifs is 1. The number of rotatable bonds is 11. The molecule has 4 rings (SSSR count). The van der Waals surface area contributed by atoms with Gasteiger partial charge in [-0.3, -0.25) is 13.9 Å². The van der Waals surface area contributed by atoms with Crippen molar-refractivity contribution in [2.45, 2.75) is 57.6 Å². The number of nitrogens with one attached hydrogen (secondary N) is 1. The van der Waals surface area contributed by atoms with E-state index in [1.165, 1.54) is 17.0 Å². The lowest BCUT2D eigenvalue weighted by Crippen LogP contribution is -2.52. The highest BCUT2D eigenvalue weighted by molar-refractivity contribution is 7.92. The second-order valence-electron chi connectivity index (χ2n) is 10.1. The summed E-state index contributed by atoms with van der Waals surface area (Å²) in [7, 11) is -4.17. The molecule has 1 heterocycles. The molecule has 0 aliphatic carbocycles. The molecular weight excluding hydrogens is 542 g/mol. The van der Waals surface area contributed by atoms with E-state index in [-0.39, 0.29) is 29.1 Å². The Morgan fingerprint density at radius 3 is 2.27 bits per heavy atom. The highest BCUT2D eigenvalue weighted by Gasteiger charge is 2.33. The van der Waals surface area contributed by atoms with Crippen LogP contribution in [0.25, 0.3) is 0 Å². The van der Waals surface area contributed by atoms with Gasteiger partial charge in [-0.2, -0.15) is 0 Å². The molecule has 1 N–H and O–H groups in total. The number of aryl methyl sites for hydroxylation is 1. The fourth-order valence-corrected chi connectivity index (χ4v) is 5.88. The van der Waals surface area contributed by atoms with Crippen LogP contribution in [-0.4, -0.2) is 57.0 Å². The third-order valence-electron chi connectivity index (χ3n) is 7.19. The first kappa shape index (κ1) is 29.9. The summed E-state index contributed by atoms with van der Waals surface area (Å²) in [6, 6.07) is 19.4. The van der Waals surface area contributed by atoms with E-state index >= 15 is 0 Å². The molecule has 3 aromatic rings. The summed E-state index contributed by atoms with van der Waals surface area (Å²) in [5, 5.41) is 2.95. The lowest BCUT2D eigenvalue weighted by atomic mass is 10.1. The van der Waals surface area contributed by atoms with Crippen molar-refractivity contribution in [1.82, 2.24) is 10.2 Å². The molecule has 2 atom stereocenters. The van der Waals surface area contributed by atoms with Crippen LogP contribution in [0, 0.1) is 6.92 Å². The van der Waals surface area contributed by atoms with Gasteiger partial charge in [-0.15, -0.1) is 0 Å². The zero-order valence-electron chi connectivity index (χ0n) is 23.9. The molecule has 1 aliphatic heterocycles. The first-order valence-electron chi connectivity index (χ1n) is 13.7. The van der Waals surface area contributed by atoms with Gasteiger partial charge in [0, 0.05) is 18.7 Å². The van der Waals surface area contributed by atoms with Crippen LogP contribution >= 0.6 is 0 Å². The van der Waals surface area contributed by atoms with Gasteiger partial charge in [0.15, 0.2) is 11.5 Å². The highest BCUT2D eigenvalue weighted by atomic mass is 32.2. The van der Waals surface area contributed by atoms with Crippen LogP contribution in [0.1, 0.15) is 38.3 Å². The predicted octanol–water partition coefficient (Wildman–Crippen LogP) is 4.29. The van der Waals surface area contributed by atoms with E-state index < -0.39 is 28.5 Å². The van der Waals surface area contributed by atoms with Crippen molar-refractivity contribution in [2.24, 2.45) is 0 Å². The zero-order chi connectivity index (χ0) is 29.6. The largest absolute Gasteiger partial charge is 0.486 e. The summed E-state index contributed by atoms with van der Waals surface area (Å²) in [5.41, 5.74) is 2.07. The Labute approximate surface area is 242 Å². The molecule has 0 unspecified atom stereocenters. The van der Waals surface area contributed by atoms with Crippen molar-refractivity contribution in [3.8, 4) is 11.5 Å². The highest BCUT2D eigenvalue weighted by Crippen LogP contribution is 2.36. The second-order valence-corrected chi connectivity index (χ2v) is 12.0. The van der Waals surface area contributed by atoms with Crippen LogP contribution in [0.5, 0.6) is 11.5 Å².